The first-order chi connectivity index (χ1) is 7.72. The van der Waals surface area contributed by atoms with E-state index in [0.717, 1.165) is 5.82 Å². The lowest BCUT2D eigenvalue weighted by atomic mass is 10.4. The van der Waals surface area contributed by atoms with Crippen LogP contribution in [0.15, 0.2) is 23.0 Å². The number of methoxy groups -OCH3 is 1. The van der Waals surface area contributed by atoms with E-state index in [2.05, 4.69) is 14.9 Å². The van der Waals surface area contributed by atoms with Gasteiger partial charge in [-0.15, -0.1) is 0 Å². The van der Waals surface area contributed by atoms with Gasteiger partial charge >= 0.3 is 5.97 Å². The highest BCUT2D eigenvalue weighted by Gasteiger charge is 2.15. The van der Waals surface area contributed by atoms with Crippen molar-refractivity contribution >= 4 is 5.97 Å². The number of aryl methyl sites for hydroxylation is 1. The molecule has 0 aromatic carbocycles. The van der Waals surface area contributed by atoms with Gasteiger partial charge in [0, 0.05) is 6.07 Å². The van der Waals surface area contributed by atoms with E-state index >= 15 is 0 Å². The Morgan fingerprint density at radius 1 is 1.62 bits per heavy atom. The zero-order valence-corrected chi connectivity index (χ0v) is 9.01. The molecule has 0 spiro atoms. The average molecular weight is 221 g/mol. The number of rotatable bonds is 3. The summed E-state index contributed by atoms with van der Waals surface area (Å²) in [6, 6.07) is 1.74. The minimum Gasteiger partial charge on any atom is -0.464 e. The molecule has 0 saturated carbocycles. The lowest BCUT2D eigenvalue weighted by Crippen LogP contribution is -2.12. The summed E-state index contributed by atoms with van der Waals surface area (Å²) in [7, 11) is 1.34. The van der Waals surface area contributed by atoms with Crippen LogP contribution in [0.4, 0.5) is 0 Å². The number of aromatic nitrogens is 3. The van der Waals surface area contributed by atoms with Crippen molar-refractivity contribution in [1.29, 1.82) is 0 Å². The summed E-state index contributed by atoms with van der Waals surface area (Å²) >= 11 is 0. The molecule has 0 atom stereocenters. The zero-order valence-electron chi connectivity index (χ0n) is 9.01. The maximum atomic E-state index is 11.4. The zero-order chi connectivity index (χ0) is 11.5. The minimum atomic E-state index is -0.417. The van der Waals surface area contributed by atoms with E-state index in [4.69, 9.17) is 4.52 Å². The van der Waals surface area contributed by atoms with Crippen molar-refractivity contribution in [2.24, 2.45) is 0 Å². The molecule has 0 radical (unpaired) electrons. The Kier molecular flexibility index (Phi) is 2.72. The predicted molar refractivity (Wildman–Crippen MR) is 53.9 cm³/mol. The molecule has 2 aromatic heterocycles. The third-order valence-corrected chi connectivity index (χ3v) is 2.25. The summed E-state index contributed by atoms with van der Waals surface area (Å²) in [4.78, 5) is 15.5. The van der Waals surface area contributed by atoms with Crippen molar-refractivity contribution in [1.82, 2.24) is 14.7 Å². The molecule has 6 heteroatoms. The van der Waals surface area contributed by atoms with Gasteiger partial charge in [0.2, 0.25) is 0 Å². The maximum Gasteiger partial charge on any atom is 0.356 e. The van der Waals surface area contributed by atoms with Crippen molar-refractivity contribution in [2.45, 2.75) is 13.5 Å². The molecule has 6 nitrogen and oxygen atoms in total. The molecule has 2 heterocycles. The first kappa shape index (κ1) is 10.4. The lowest BCUT2D eigenvalue weighted by Gasteiger charge is -2.06. The molecule has 0 N–H and O–H groups in total. The maximum absolute atomic E-state index is 11.4. The van der Waals surface area contributed by atoms with Gasteiger partial charge in [-0.1, -0.05) is 5.16 Å². The Labute approximate surface area is 91.8 Å². The number of nitrogens with zero attached hydrogens (tertiary/aromatic N) is 3. The first-order valence-corrected chi connectivity index (χ1v) is 4.72. The van der Waals surface area contributed by atoms with Crippen LogP contribution < -0.4 is 0 Å². The van der Waals surface area contributed by atoms with Crippen LogP contribution in [0.1, 0.15) is 22.1 Å². The molecule has 0 saturated heterocycles. The summed E-state index contributed by atoms with van der Waals surface area (Å²) in [6.07, 6.45) is 3.04. The molecule has 2 rings (SSSR count). The molecule has 0 aliphatic rings. The van der Waals surface area contributed by atoms with E-state index in [9.17, 15) is 4.79 Å². The van der Waals surface area contributed by atoms with Crippen LogP contribution in [-0.4, -0.2) is 27.8 Å². The summed E-state index contributed by atoms with van der Waals surface area (Å²) in [5, 5.41) is 3.60. The highest BCUT2D eigenvalue weighted by Crippen LogP contribution is 2.10. The van der Waals surface area contributed by atoms with Crippen molar-refractivity contribution in [3.63, 3.8) is 0 Å². The van der Waals surface area contributed by atoms with E-state index < -0.39 is 5.97 Å². The van der Waals surface area contributed by atoms with Gasteiger partial charge in [0.05, 0.1) is 26.0 Å². The first-order valence-electron chi connectivity index (χ1n) is 4.72. The molecule has 0 bridgehead atoms. The second kappa shape index (κ2) is 4.18. The van der Waals surface area contributed by atoms with Gasteiger partial charge in [-0.25, -0.2) is 9.78 Å². The molecule has 0 aliphatic carbocycles. The topological polar surface area (TPSA) is 70.2 Å². The lowest BCUT2D eigenvalue weighted by molar-refractivity contribution is 0.0588. The van der Waals surface area contributed by atoms with Crippen LogP contribution >= 0.6 is 0 Å². The SMILES string of the molecule is COC(=O)c1cnc(C)n1Cc1ccno1. The van der Waals surface area contributed by atoms with E-state index in [1.165, 1.54) is 13.3 Å². The van der Waals surface area contributed by atoms with Crippen LogP contribution in [-0.2, 0) is 11.3 Å². The predicted octanol–water partition coefficient (Wildman–Crippen LogP) is 1.01. The summed E-state index contributed by atoms with van der Waals surface area (Å²) < 4.78 is 11.4. The fourth-order valence-corrected chi connectivity index (χ4v) is 1.41. The average Bonchev–Trinajstić information content (AvgIpc) is 2.90. The second-order valence-electron chi connectivity index (χ2n) is 3.25. The number of carbonyl (C=O) groups excluding carboxylic acids is 1. The van der Waals surface area contributed by atoms with Gasteiger partial charge in [-0.2, -0.15) is 0 Å². The van der Waals surface area contributed by atoms with Gasteiger partial charge in [-0.3, -0.25) is 0 Å². The van der Waals surface area contributed by atoms with E-state index in [1.54, 1.807) is 16.8 Å². The summed E-state index contributed by atoms with van der Waals surface area (Å²) in [5.74, 6) is 0.961. The van der Waals surface area contributed by atoms with Crippen molar-refractivity contribution in [2.75, 3.05) is 7.11 Å². The molecule has 0 aliphatic heterocycles. The molecule has 16 heavy (non-hydrogen) atoms. The molecule has 0 amide bonds. The number of carbonyl (C=O) groups is 1. The Bertz CT molecular complexity index is 487. The third-order valence-electron chi connectivity index (χ3n) is 2.25. The third kappa shape index (κ3) is 1.81. The Balaban J connectivity index is 2.32. The van der Waals surface area contributed by atoms with E-state index in [1.807, 2.05) is 6.92 Å². The Morgan fingerprint density at radius 2 is 2.44 bits per heavy atom. The van der Waals surface area contributed by atoms with Crippen molar-refractivity contribution in [3.8, 4) is 0 Å². The number of esters is 1. The molecule has 84 valence electrons. The number of hydrogen-bond acceptors (Lipinski definition) is 5. The van der Waals surface area contributed by atoms with Gasteiger partial charge in [0.25, 0.3) is 0 Å². The van der Waals surface area contributed by atoms with Gasteiger partial charge in [0.15, 0.2) is 5.76 Å². The Hall–Kier alpha value is -2.11. The largest absolute Gasteiger partial charge is 0.464 e. The van der Waals surface area contributed by atoms with Gasteiger partial charge in [-0.05, 0) is 6.92 Å². The monoisotopic (exact) mass is 221 g/mol. The molecule has 0 fully saturated rings. The smallest absolute Gasteiger partial charge is 0.356 e. The van der Waals surface area contributed by atoms with Crippen LogP contribution in [0.2, 0.25) is 0 Å². The quantitative estimate of drug-likeness (QED) is 0.723. The highest BCUT2D eigenvalue weighted by atomic mass is 16.5. The number of imidazole rings is 1. The molecular weight excluding hydrogens is 210 g/mol. The van der Waals surface area contributed by atoms with Gasteiger partial charge in [0.1, 0.15) is 11.5 Å². The summed E-state index contributed by atoms with van der Waals surface area (Å²) in [6.45, 7) is 2.22. The van der Waals surface area contributed by atoms with E-state index in [-0.39, 0.29) is 0 Å². The minimum absolute atomic E-state index is 0.399. The van der Waals surface area contributed by atoms with Crippen LogP contribution in [0.5, 0.6) is 0 Å². The fraction of sp³-hybridized carbons (Fsp3) is 0.300. The van der Waals surface area contributed by atoms with Crippen molar-refractivity contribution in [3.05, 3.63) is 35.7 Å². The van der Waals surface area contributed by atoms with Crippen LogP contribution in [0.3, 0.4) is 0 Å². The summed E-state index contributed by atoms with van der Waals surface area (Å²) in [5.41, 5.74) is 0.399. The fourth-order valence-electron chi connectivity index (χ4n) is 1.41. The molecular formula is C10H11N3O3. The van der Waals surface area contributed by atoms with Crippen LogP contribution in [0.25, 0.3) is 0 Å². The molecule has 0 unspecified atom stereocenters. The molecule has 2 aromatic rings. The second-order valence-corrected chi connectivity index (χ2v) is 3.25. The standard InChI is InChI=1S/C10H11N3O3/c1-7-11-5-9(10(14)15-2)13(7)6-8-3-4-12-16-8/h3-5H,6H2,1-2H3. The highest BCUT2D eigenvalue weighted by molar-refractivity contribution is 5.87. The van der Waals surface area contributed by atoms with E-state index in [0.29, 0.717) is 18.0 Å². The number of ether oxygens (including phenoxy) is 1. The van der Waals surface area contributed by atoms with Crippen molar-refractivity contribution < 1.29 is 14.1 Å². The normalized spacial score (nSPS) is 10.4. The number of hydrogen-bond donors (Lipinski definition) is 0. The van der Waals surface area contributed by atoms with Crippen LogP contribution in [0, 0.1) is 6.92 Å². The van der Waals surface area contributed by atoms with Gasteiger partial charge < -0.3 is 13.8 Å². The Morgan fingerprint density at radius 3 is 3.06 bits per heavy atom.